The Labute approximate surface area is 208 Å². The smallest absolute Gasteiger partial charge is 0.262 e. The molecular formula is C27H37N3O5. The van der Waals surface area contributed by atoms with Gasteiger partial charge < -0.3 is 29.3 Å². The highest BCUT2D eigenvalue weighted by atomic mass is 16.5. The van der Waals surface area contributed by atoms with Crippen molar-refractivity contribution in [3.63, 3.8) is 0 Å². The molecule has 2 aromatic carbocycles. The predicted octanol–water partition coefficient (Wildman–Crippen LogP) is 4.06. The van der Waals surface area contributed by atoms with Gasteiger partial charge in [0.25, 0.3) is 11.8 Å². The lowest BCUT2D eigenvalue weighted by molar-refractivity contribution is -0.118. The SMILES string of the molecule is COc1ccccc1NC(=O)COc1ccc(C(=O)N(C)CCN(C)C2CCCCC2)cc1OC. The largest absolute Gasteiger partial charge is 0.495 e. The van der Waals surface area contributed by atoms with Crippen molar-refractivity contribution in [2.24, 2.45) is 0 Å². The number of hydrogen-bond acceptors (Lipinski definition) is 6. The highest BCUT2D eigenvalue weighted by Gasteiger charge is 2.20. The van der Waals surface area contributed by atoms with E-state index in [9.17, 15) is 9.59 Å². The lowest BCUT2D eigenvalue weighted by Crippen LogP contribution is -2.40. The number of nitrogens with one attached hydrogen (secondary N) is 1. The van der Waals surface area contributed by atoms with Crippen LogP contribution in [0.1, 0.15) is 42.5 Å². The Morgan fingerprint density at radius 1 is 0.914 bits per heavy atom. The monoisotopic (exact) mass is 483 g/mol. The third-order valence-corrected chi connectivity index (χ3v) is 6.48. The molecule has 3 rings (SSSR count). The number of likely N-dealkylation sites (N-methyl/N-ethyl adjacent to an activating group) is 2. The maximum atomic E-state index is 13.0. The molecule has 35 heavy (non-hydrogen) atoms. The maximum absolute atomic E-state index is 13.0. The predicted molar refractivity (Wildman–Crippen MR) is 137 cm³/mol. The van der Waals surface area contributed by atoms with Crippen LogP contribution in [-0.2, 0) is 4.79 Å². The first kappa shape index (κ1) is 26.3. The summed E-state index contributed by atoms with van der Waals surface area (Å²) in [5.41, 5.74) is 1.07. The molecule has 0 atom stereocenters. The normalized spacial score (nSPS) is 13.9. The minimum Gasteiger partial charge on any atom is -0.495 e. The summed E-state index contributed by atoms with van der Waals surface area (Å²) in [6.07, 6.45) is 6.39. The Balaban J connectivity index is 1.54. The summed E-state index contributed by atoms with van der Waals surface area (Å²) in [6, 6.07) is 12.8. The molecule has 0 aliphatic heterocycles. The molecule has 1 aliphatic rings. The van der Waals surface area contributed by atoms with Gasteiger partial charge in [-0.2, -0.15) is 0 Å². The molecule has 0 heterocycles. The van der Waals surface area contributed by atoms with Crippen LogP contribution < -0.4 is 19.5 Å². The molecule has 0 aromatic heterocycles. The molecule has 2 aromatic rings. The molecule has 1 fully saturated rings. The fourth-order valence-corrected chi connectivity index (χ4v) is 4.33. The Hall–Kier alpha value is -3.26. The summed E-state index contributed by atoms with van der Waals surface area (Å²) in [7, 11) is 7.01. The van der Waals surface area contributed by atoms with E-state index in [2.05, 4.69) is 17.3 Å². The van der Waals surface area contributed by atoms with Crippen molar-refractivity contribution in [2.75, 3.05) is 53.3 Å². The van der Waals surface area contributed by atoms with Gasteiger partial charge in [0.15, 0.2) is 18.1 Å². The summed E-state index contributed by atoms with van der Waals surface area (Å²) < 4.78 is 16.3. The van der Waals surface area contributed by atoms with E-state index >= 15 is 0 Å². The van der Waals surface area contributed by atoms with Crippen molar-refractivity contribution in [2.45, 2.75) is 38.1 Å². The number of carbonyl (C=O) groups excluding carboxylic acids is 2. The number of hydrogen-bond donors (Lipinski definition) is 1. The van der Waals surface area contributed by atoms with Gasteiger partial charge in [0.2, 0.25) is 0 Å². The number of ether oxygens (including phenoxy) is 3. The van der Waals surface area contributed by atoms with E-state index in [1.807, 2.05) is 19.2 Å². The zero-order chi connectivity index (χ0) is 25.2. The van der Waals surface area contributed by atoms with Gasteiger partial charge in [0.05, 0.1) is 19.9 Å². The van der Waals surface area contributed by atoms with Crippen LogP contribution in [0.5, 0.6) is 17.2 Å². The van der Waals surface area contributed by atoms with E-state index in [0.717, 1.165) is 6.54 Å². The number of para-hydroxylation sites is 2. The Kier molecular flexibility index (Phi) is 9.78. The molecule has 0 bridgehead atoms. The van der Waals surface area contributed by atoms with Crippen molar-refractivity contribution >= 4 is 17.5 Å². The average Bonchev–Trinajstić information content (AvgIpc) is 2.90. The summed E-state index contributed by atoms with van der Waals surface area (Å²) in [6.45, 7) is 1.27. The van der Waals surface area contributed by atoms with Gasteiger partial charge >= 0.3 is 0 Å². The topological polar surface area (TPSA) is 80.3 Å². The fraction of sp³-hybridized carbons (Fsp3) is 0.481. The van der Waals surface area contributed by atoms with Gasteiger partial charge in [-0.05, 0) is 50.2 Å². The standard InChI is InChI=1S/C27H37N3O5/c1-29(21-10-6-5-7-11-21)16-17-30(2)27(32)20-14-15-24(25(18-20)34-4)35-19-26(31)28-22-12-8-9-13-23(22)33-3/h8-9,12-15,18,21H,5-7,10-11,16-17,19H2,1-4H3,(H,28,31). The summed E-state index contributed by atoms with van der Waals surface area (Å²) in [4.78, 5) is 29.4. The van der Waals surface area contributed by atoms with Crippen molar-refractivity contribution < 1.29 is 23.8 Å². The second-order valence-electron chi connectivity index (χ2n) is 8.90. The number of nitrogens with zero attached hydrogens (tertiary/aromatic N) is 2. The van der Waals surface area contributed by atoms with E-state index in [1.54, 1.807) is 42.3 Å². The molecule has 2 amide bonds. The number of methoxy groups -OCH3 is 2. The van der Waals surface area contributed by atoms with Gasteiger partial charge in [0.1, 0.15) is 5.75 Å². The van der Waals surface area contributed by atoms with E-state index < -0.39 is 0 Å². The van der Waals surface area contributed by atoms with Crippen molar-refractivity contribution in [3.05, 3.63) is 48.0 Å². The van der Waals surface area contributed by atoms with Crippen molar-refractivity contribution in [1.82, 2.24) is 9.80 Å². The van der Waals surface area contributed by atoms with E-state index in [1.165, 1.54) is 39.2 Å². The van der Waals surface area contributed by atoms with Crippen LogP contribution in [0, 0.1) is 0 Å². The van der Waals surface area contributed by atoms with Crippen LogP contribution in [-0.4, -0.2) is 75.7 Å². The fourth-order valence-electron chi connectivity index (χ4n) is 4.33. The summed E-state index contributed by atoms with van der Waals surface area (Å²) in [5.74, 6) is 0.933. The van der Waals surface area contributed by atoms with Gasteiger partial charge in [-0.3, -0.25) is 9.59 Å². The molecule has 1 N–H and O–H groups in total. The molecule has 8 nitrogen and oxygen atoms in total. The third-order valence-electron chi connectivity index (χ3n) is 6.48. The van der Waals surface area contributed by atoms with Crippen molar-refractivity contribution in [3.8, 4) is 17.2 Å². The number of rotatable bonds is 11. The van der Waals surface area contributed by atoms with E-state index in [4.69, 9.17) is 14.2 Å². The van der Waals surface area contributed by atoms with Crippen LogP contribution in [0.25, 0.3) is 0 Å². The molecule has 0 radical (unpaired) electrons. The lowest BCUT2D eigenvalue weighted by Gasteiger charge is -2.32. The van der Waals surface area contributed by atoms with Gasteiger partial charge in [-0.1, -0.05) is 31.4 Å². The Bertz CT molecular complexity index is 991. The highest BCUT2D eigenvalue weighted by molar-refractivity contribution is 5.95. The quantitative estimate of drug-likeness (QED) is 0.519. The molecule has 1 saturated carbocycles. The molecule has 1 aliphatic carbocycles. The Morgan fingerprint density at radius 3 is 2.34 bits per heavy atom. The third kappa shape index (κ3) is 7.36. The molecule has 8 heteroatoms. The van der Waals surface area contributed by atoms with Crippen LogP contribution in [0.15, 0.2) is 42.5 Å². The molecule has 0 unspecified atom stereocenters. The summed E-state index contributed by atoms with van der Waals surface area (Å²) in [5, 5.41) is 2.77. The number of anilines is 1. The summed E-state index contributed by atoms with van der Waals surface area (Å²) >= 11 is 0. The van der Waals surface area contributed by atoms with Crippen molar-refractivity contribution in [1.29, 1.82) is 0 Å². The highest BCUT2D eigenvalue weighted by Crippen LogP contribution is 2.29. The first-order valence-corrected chi connectivity index (χ1v) is 12.1. The molecule has 0 saturated heterocycles. The number of benzene rings is 2. The van der Waals surface area contributed by atoms with E-state index in [0.29, 0.717) is 41.1 Å². The first-order chi connectivity index (χ1) is 16.9. The van der Waals surface area contributed by atoms with Crippen LogP contribution in [0.4, 0.5) is 5.69 Å². The molecular weight excluding hydrogens is 446 g/mol. The van der Waals surface area contributed by atoms with Crippen LogP contribution in [0.3, 0.4) is 0 Å². The van der Waals surface area contributed by atoms with E-state index in [-0.39, 0.29) is 18.4 Å². The molecule has 0 spiro atoms. The zero-order valence-corrected chi connectivity index (χ0v) is 21.2. The van der Waals surface area contributed by atoms with Gasteiger partial charge in [-0.25, -0.2) is 0 Å². The second kappa shape index (κ2) is 13.0. The first-order valence-electron chi connectivity index (χ1n) is 12.1. The maximum Gasteiger partial charge on any atom is 0.262 e. The molecule has 190 valence electrons. The second-order valence-corrected chi connectivity index (χ2v) is 8.90. The number of carbonyl (C=O) groups is 2. The van der Waals surface area contributed by atoms with Gasteiger partial charge in [0, 0.05) is 31.7 Å². The van der Waals surface area contributed by atoms with Crippen LogP contribution >= 0.6 is 0 Å². The minimum atomic E-state index is -0.335. The Morgan fingerprint density at radius 2 is 1.63 bits per heavy atom. The number of amides is 2. The lowest BCUT2D eigenvalue weighted by atomic mass is 9.94. The van der Waals surface area contributed by atoms with Crippen LogP contribution in [0.2, 0.25) is 0 Å². The zero-order valence-electron chi connectivity index (χ0n) is 21.2. The van der Waals surface area contributed by atoms with Gasteiger partial charge in [-0.15, -0.1) is 0 Å². The minimum absolute atomic E-state index is 0.0826. The average molecular weight is 484 g/mol.